The average Bonchev–Trinajstić information content (AvgIpc) is 2.59. The van der Waals surface area contributed by atoms with Crippen molar-refractivity contribution in [3.8, 4) is 0 Å². The number of hydrogen-bond donors (Lipinski definition) is 1. The number of nitrogens with one attached hydrogen (secondary N) is 1. The van der Waals surface area contributed by atoms with Crippen LogP contribution in [0.2, 0.25) is 0 Å². The summed E-state index contributed by atoms with van der Waals surface area (Å²) in [7, 11) is 1.58. The van der Waals surface area contributed by atoms with Crippen molar-refractivity contribution in [2.75, 3.05) is 23.3 Å². The quantitative estimate of drug-likeness (QED) is 0.936. The SMILES string of the molecule is Cn1ncc(NC(=O)c2cccc(F)c2)c(N2CCCCC2)c1=O. The van der Waals surface area contributed by atoms with Gasteiger partial charge in [-0.05, 0) is 37.5 Å². The number of rotatable bonds is 3. The lowest BCUT2D eigenvalue weighted by Gasteiger charge is -2.29. The van der Waals surface area contributed by atoms with Crippen LogP contribution in [0.15, 0.2) is 35.3 Å². The number of amides is 1. The zero-order valence-electron chi connectivity index (χ0n) is 13.5. The number of halogens is 1. The molecule has 1 saturated heterocycles. The van der Waals surface area contributed by atoms with Crippen LogP contribution in [0.25, 0.3) is 0 Å². The van der Waals surface area contributed by atoms with Crippen molar-refractivity contribution in [3.05, 3.63) is 52.2 Å². The maximum absolute atomic E-state index is 13.3. The van der Waals surface area contributed by atoms with Gasteiger partial charge in [-0.3, -0.25) is 9.59 Å². The van der Waals surface area contributed by atoms with Crippen LogP contribution in [0.1, 0.15) is 29.6 Å². The fraction of sp³-hybridized carbons (Fsp3) is 0.353. The van der Waals surface area contributed by atoms with Gasteiger partial charge in [0.25, 0.3) is 11.5 Å². The Morgan fingerprint density at radius 3 is 2.71 bits per heavy atom. The Labute approximate surface area is 138 Å². The normalized spacial score (nSPS) is 14.5. The van der Waals surface area contributed by atoms with E-state index in [1.165, 1.54) is 29.1 Å². The summed E-state index contributed by atoms with van der Waals surface area (Å²) in [6.07, 6.45) is 4.60. The van der Waals surface area contributed by atoms with Crippen molar-refractivity contribution in [1.82, 2.24) is 9.78 Å². The van der Waals surface area contributed by atoms with E-state index in [4.69, 9.17) is 0 Å². The van der Waals surface area contributed by atoms with Crippen LogP contribution >= 0.6 is 0 Å². The van der Waals surface area contributed by atoms with Crippen LogP contribution in [0.3, 0.4) is 0 Å². The predicted molar refractivity (Wildman–Crippen MR) is 89.9 cm³/mol. The Morgan fingerprint density at radius 2 is 2.00 bits per heavy atom. The monoisotopic (exact) mass is 330 g/mol. The van der Waals surface area contributed by atoms with E-state index in [1.807, 2.05) is 4.90 Å². The lowest BCUT2D eigenvalue weighted by atomic mass is 10.1. The molecule has 0 saturated carbocycles. The summed E-state index contributed by atoms with van der Waals surface area (Å²) in [4.78, 5) is 26.9. The van der Waals surface area contributed by atoms with Crippen LogP contribution < -0.4 is 15.8 Å². The highest BCUT2D eigenvalue weighted by atomic mass is 19.1. The Morgan fingerprint density at radius 1 is 1.25 bits per heavy atom. The summed E-state index contributed by atoms with van der Waals surface area (Å²) in [5, 5.41) is 6.68. The zero-order chi connectivity index (χ0) is 17.1. The number of piperidine rings is 1. The molecule has 0 radical (unpaired) electrons. The first-order chi connectivity index (χ1) is 11.6. The van der Waals surface area contributed by atoms with Gasteiger partial charge in [0.2, 0.25) is 0 Å². The molecule has 6 nitrogen and oxygen atoms in total. The number of carbonyl (C=O) groups excluding carboxylic acids is 1. The number of aryl methyl sites for hydroxylation is 1. The number of anilines is 2. The molecule has 0 aliphatic carbocycles. The standard InChI is InChI=1S/C17H19FN4O2/c1-21-17(24)15(22-8-3-2-4-9-22)14(11-19-21)20-16(23)12-6-5-7-13(18)10-12/h5-7,10-11H,2-4,8-9H2,1H3,(H,20,23). The minimum absolute atomic E-state index is 0.195. The highest BCUT2D eigenvalue weighted by Crippen LogP contribution is 2.24. The van der Waals surface area contributed by atoms with E-state index in [-0.39, 0.29) is 11.1 Å². The third-order valence-electron chi connectivity index (χ3n) is 4.12. The van der Waals surface area contributed by atoms with Crippen LogP contribution in [-0.4, -0.2) is 28.8 Å². The van der Waals surface area contributed by atoms with E-state index in [2.05, 4.69) is 10.4 Å². The van der Waals surface area contributed by atoms with Crippen LogP contribution in [0, 0.1) is 5.82 Å². The predicted octanol–water partition coefficient (Wildman–Crippen LogP) is 2.16. The van der Waals surface area contributed by atoms with E-state index < -0.39 is 11.7 Å². The topological polar surface area (TPSA) is 67.2 Å². The van der Waals surface area contributed by atoms with E-state index >= 15 is 0 Å². The van der Waals surface area contributed by atoms with Gasteiger partial charge in [0.05, 0.1) is 11.9 Å². The second kappa shape index (κ2) is 6.82. The molecule has 2 aromatic rings. The van der Waals surface area contributed by atoms with Crippen molar-refractivity contribution < 1.29 is 9.18 Å². The highest BCUT2D eigenvalue weighted by Gasteiger charge is 2.21. The zero-order valence-corrected chi connectivity index (χ0v) is 13.5. The average molecular weight is 330 g/mol. The van der Waals surface area contributed by atoms with Gasteiger partial charge in [0.1, 0.15) is 11.5 Å². The van der Waals surface area contributed by atoms with E-state index in [9.17, 15) is 14.0 Å². The fourth-order valence-electron chi connectivity index (χ4n) is 2.87. The first-order valence-corrected chi connectivity index (χ1v) is 7.94. The molecular weight excluding hydrogens is 311 g/mol. The summed E-state index contributed by atoms with van der Waals surface area (Å²) in [6, 6.07) is 5.42. The largest absolute Gasteiger partial charge is 0.365 e. The molecule has 2 heterocycles. The summed E-state index contributed by atoms with van der Waals surface area (Å²) < 4.78 is 14.6. The first-order valence-electron chi connectivity index (χ1n) is 7.94. The van der Waals surface area contributed by atoms with Gasteiger partial charge in [-0.1, -0.05) is 6.07 Å². The summed E-state index contributed by atoms with van der Waals surface area (Å²) in [5.74, 6) is -0.955. The molecule has 0 bridgehead atoms. The number of benzene rings is 1. The maximum atomic E-state index is 13.3. The number of hydrogen-bond acceptors (Lipinski definition) is 4. The van der Waals surface area contributed by atoms with Crippen LogP contribution in [0.4, 0.5) is 15.8 Å². The molecule has 1 fully saturated rings. The fourth-order valence-corrected chi connectivity index (χ4v) is 2.87. The molecule has 0 atom stereocenters. The molecule has 1 aromatic carbocycles. The molecule has 7 heteroatoms. The van der Waals surface area contributed by atoms with E-state index in [0.717, 1.165) is 38.4 Å². The summed E-state index contributed by atoms with van der Waals surface area (Å²) in [6.45, 7) is 1.53. The number of aromatic nitrogens is 2. The Balaban J connectivity index is 1.94. The second-order valence-corrected chi connectivity index (χ2v) is 5.85. The third-order valence-corrected chi connectivity index (χ3v) is 4.12. The maximum Gasteiger partial charge on any atom is 0.292 e. The molecule has 0 unspecified atom stereocenters. The molecule has 1 aliphatic rings. The molecule has 1 amide bonds. The van der Waals surface area contributed by atoms with Gasteiger partial charge < -0.3 is 10.2 Å². The molecule has 0 spiro atoms. The van der Waals surface area contributed by atoms with Crippen molar-refractivity contribution in [1.29, 1.82) is 0 Å². The Hall–Kier alpha value is -2.70. The van der Waals surface area contributed by atoms with E-state index in [1.54, 1.807) is 7.05 Å². The van der Waals surface area contributed by atoms with Crippen LogP contribution in [-0.2, 0) is 7.05 Å². The highest BCUT2D eigenvalue weighted by molar-refractivity contribution is 6.05. The lowest BCUT2D eigenvalue weighted by Crippen LogP contribution is -2.37. The van der Waals surface area contributed by atoms with Gasteiger partial charge >= 0.3 is 0 Å². The van der Waals surface area contributed by atoms with Gasteiger partial charge in [-0.15, -0.1) is 0 Å². The summed E-state index contributed by atoms with van der Waals surface area (Å²) >= 11 is 0. The smallest absolute Gasteiger partial charge is 0.292 e. The van der Waals surface area contributed by atoms with Gasteiger partial charge in [-0.2, -0.15) is 5.10 Å². The molecule has 1 aliphatic heterocycles. The first kappa shape index (κ1) is 16.2. The van der Waals surface area contributed by atoms with E-state index in [0.29, 0.717) is 11.4 Å². The van der Waals surface area contributed by atoms with Gasteiger partial charge in [-0.25, -0.2) is 9.07 Å². The van der Waals surface area contributed by atoms with Crippen molar-refractivity contribution in [3.63, 3.8) is 0 Å². The molecule has 3 rings (SSSR count). The molecule has 126 valence electrons. The van der Waals surface area contributed by atoms with Gasteiger partial charge in [0, 0.05) is 25.7 Å². The molecular formula is C17H19FN4O2. The lowest BCUT2D eigenvalue weighted by molar-refractivity contribution is 0.102. The van der Waals surface area contributed by atoms with Crippen molar-refractivity contribution >= 4 is 17.3 Å². The van der Waals surface area contributed by atoms with Gasteiger partial charge in [0.15, 0.2) is 0 Å². The van der Waals surface area contributed by atoms with Crippen molar-refractivity contribution in [2.45, 2.75) is 19.3 Å². The Kier molecular flexibility index (Phi) is 4.59. The van der Waals surface area contributed by atoms with Crippen molar-refractivity contribution in [2.24, 2.45) is 7.05 Å². The minimum atomic E-state index is -0.485. The second-order valence-electron chi connectivity index (χ2n) is 5.85. The Bertz CT molecular complexity index is 812. The molecule has 1 aromatic heterocycles. The number of nitrogens with zero attached hydrogens (tertiary/aromatic N) is 3. The van der Waals surface area contributed by atoms with Crippen LogP contribution in [0.5, 0.6) is 0 Å². The minimum Gasteiger partial charge on any atom is -0.365 e. The molecule has 1 N–H and O–H groups in total. The molecule has 24 heavy (non-hydrogen) atoms. The summed E-state index contributed by atoms with van der Waals surface area (Å²) in [5.41, 5.74) is 0.737. The number of carbonyl (C=O) groups is 1. The third kappa shape index (κ3) is 3.29.